The topological polar surface area (TPSA) is 105 Å². The fourth-order valence-electron chi connectivity index (χ4n) is 7.19. The second kappa shape index (κ2) is 10.5. The van der Waals surface area contributed by atoms with E-state index in [2.05, 4.69) is 33.6 Å². The van der Waals surface area contributed by atoms with Crippen LogP contribution in [0.2, 0.25) is 0 Å². The molecule has 7 rings (SSSR count). The number of carbonyl (C=O) groups is 2. The first-order valence-electron chi connectivity index (χ1n) is 15.1. The Morgan fingerprint density at radius 3 is 2.49 bits per heavy atom. The van der Waals surface area contributed by atoms with E-state index in [0.717, 1.165) is 58.6 Å². The SMILES string of the molecule is Cn1c(C2(NC(=O)c3ccc4c(C5CCCC5)c(-c5ccccn5)n(C)c4c3)CCC2)nc2cc(/C=C/C(=O)[OH2+])ccc21. The minimum Gasteiger partial charge on any atom is -0.561 e. The van der Waals surface area contributed by atoms with Crippen molar-refractivity contribution in [1.82, 2.24) is 24.4 Å². The van der Waals surface area contributed by atoms with Crippen LogP contribution >= 0.6 is 0 Å². The predicted molar refractivity (Wildman–Crippen MR) is 169 cm³/mol. The second-order valence-electron chi connectivity index (χ2n) is 12.1. The first-order chi connectivity index (χ1) is 20.8. The van der Waals surface area contributed by atoms with Gasteiger partial charge in [-0.25, -0.2) is 4.98 Å². The molecule has 8 heteroatoms. The highest BCUT2D eigenvalue weighted by atomic mass is 16.4. The number of imidazole rings is 1. The summed E-state index contributed by atoms with van der Waals surface area (Å²) in [6.45, 7) is 0. The zero-order valence-corrected chi connectivity index (χ0v) is 24.6. The molecule has 0 unspecified atom stereocenters. The summed E-state index contributed by atoms with van der Waals surface area (Å²) < 4.78 is 4.28. The summed E-state index contributed by atoms with van der Waals surface area (Å²) >= 11 is 0. The third kappa shape index (κ3) is 4.61. The van der Waals surface area contributed by atoms with Crippen LogP contribution in [0.1, 0.15) is 78.2 Å². The third-order valence-electron chi connectivity index (χ3n) is 9.49. The van der Waals surface area contributed by atoms with Crippen molar-refractivity contribution in [2.75, 3.05) is 0 Å². The molecular formula is C35H36N5O3+. The van der Waals surface area contributed by atoms with E-state index >= 15 is 0 Å². The van der Waals surface area contributed by atoms with Crippen molar-refractivity contribution in [3.8, 4) is 11.4 Å². The van der Waals surface area contributed by atoms with Crippen LogP contribution in [-0.2, 0) is 24.4 Å². The molecule has 2 fully saturated rings. The molecule has 3 heterocycles. The molecule has 2 aromatic carbocycles. The number of aromatic nitrogens is 4. The van der Waals surface area contributed by atoms with Gasteiger partial charge in [-0.2, -0.15) is 0 Å². The number of aryl methyl sites for hydroxylation is 2. The summed E-state index contributed by atoms with van der Waals surface area (Å²) in [5, 5.41) is 11.7. The quantitative estimate of drug-likeness (QED) is 0.194. The lowest BCUT2D eigenvalue weighted by Gasteiger charge is -2.41. The summed E-state index contributed by atoms with van der Waals surface area (Å²) in [7, 11) is 4.07. The molecule has 0 spiro atoms. The highest BCUT2D eigenvalue weighted by molar-refractivity contribution is 6.01. The molecule has 0 radical (unpaired) electrons. The molecule has 8 nitrogen and oxygen atoms in total. The van der Waals surface area contributed by atoms with E-state index in [-0.39, 0.29) is 5.91 Å². The Morgan fingerprint density at radius 2 is 1.79 bits per heavy atom. The molecule has 0 saturated heterocycles. The van der Waals surface area contributed by atoms with Gasteiger partial charge < -0.3 is 19.6 Å². The average Bonchev–Trinajstić information content (AvgIpc) is 3.71. The Balaban J connectivity index is 1.24. The Morgan fingerprint density at radius 1 is 0.977 bits per heavy atom. The van der Waals surface area contributed by atoms with Gasteiger partial charge in [0.1, 0.15) is 5.82 Å². The van der Waals surface area contributed by atoms with Gasteiger partial charge in [-0.3, -0.25) is 9.78 Å². The summed E-state index contributed by atoms with van der Waals surface area (Å²) in [6.07, 6.45) is 12.2. The monoisotopic (exact) mass is 574 g/mol. The zero-order valence-electron chi connectivity index (χ0n) is 24.6. The number of rotatable bonds is 7. The van der Waals surface area contributed by atoms with Gasteiger partial charge in [0.25, 0.3) is 5.91 Å². The van der Waals surface area contributed by atoms with Gasteiger partial charge >= 0.3 is 5.97 Å². The molecule has 2 aliphatic rings. The lowest BCUT2D eigenvalue weighted by molar-refractivity contribution is -0.131. The minimum atomic E-state index is -0.741. The number of carbonyl (C=O) groups excluding carboxylic acids is 2. The number of nitrogens with zero attached hydrogens (tertiary/aromatic N) is 4. The highest BCUT2D eigenvalue weighted by Gasteiger charge is 2.44. The first-order valence-corrected chi connectivity index (χ1v) is 15.1. The van der Waals surface area contributed by atoms with Crippen LogP contribution in [0.25, 0.3) is 39.4 Å². The van der Waals surface area contributed by atoms with Crippen LogP contribution in [-0.4, -0.2) is 36.1 Å². The molecule has 2 aliphatic carbocycles. The summed E-state index contributed by atoms with van der Waals surface area (Å²) in [5.41, 5.74) is 7.17. The molecule has 0 bridgehead atoms. The molecule has 5 aromatic rings. The molecule has 3 aromatic heterocycles. The fourth-order valence-corrected chi connectivity index (χ4v) is 7.19. The highest BCUT2D eigenvalue weighted by Crippen LogP contribution is 2.45. The summed E-state index contributed by atoms with van der Waals surface area (Å²) in [4.78, 5) is 34.7. The average molecular weight is 575 g/mol. The second-order valence-corrected chi connectivity index (χ2v) is 12.1. The zero-order chi connectivity index (χ0) is 29.7. The van der Waals surface area contributed by atoms with Crippen LogP contribution in [0.4, 0.5) is 0 Å². The standard InChI is InChI=1S/C35H35N5O3/c1-39-29-21-24(13-14-25(29)31(23-8-3-4-9-23)32(39)26-10-5-6-19-36-26)33(43)38-35(17-7-18-35)34-37-27-20-22(12-16-30(41)42)11-15-28(27)40(34)2/h5-6,10-16,19-21,23H,3-4,7-9,17-18H2,1-2H3,(H,38,43)(H,41,42)/p+1/b16-12+. The van der Waals surface area contributed by atoms with E-state index in [9.17, 15) is 9.59 Å². The maximum atomic E-state index is 13.9. The molecule has 3 N–H and O–H groups in total. The first kappa shape index (κ1) is 27.1. The summed E-state index contributed by atoms with van der Waals surface area (Å²) in [6, 6.07) is 18.0. The largest absolute Gasteiger partial charge is 0.561 e. The number of hydrogen-bond acceptors (Lipinski definition) is 4. The molecule has 0 atom stereocenters. The van der Waals surface area contributed by atoms with Gasteiger partial charge in [0.2, 0.25) is 0 Å². The maximum absolute atomic E-state index is 13.9. The van der Waals surface area contributed by atoms with Crippen LogP contribution in [0.3, 0.4) is 0 Å². The number of amides is 1. The number of fused-ring (bicyclic) bond motifs is 2. The number of benzene rings is 2. The Hall–Kier alpha value is -4.72. The smallest absolute Gasteiger partial charge is 0.541 e. The van der Waals surface area contributed by atoms with Gasteiger partial charge in [0.15, 0.2) is 0 Å². The van der Waals surface area contributed by atoms with Crippen LogP contribution in [0, 0.1) is 0 Å². The number of hydrogen-bond donors (Lipinski definition) is 1. The fraction of sp³-hybridized carbons (Fsp3) is 0.314. The van der Waals surface area contributed by atoms with Gasteiger partial charge in [-0.05, 0) is 91.6 Å². The van der Waals surface area contributed by atoms with E-state index in [0.29, 0.717) is 11.5 Å². The van der Waals surface area contributed by atoms with E-state index < -0.39 is 11.5 Å². The molecule has 2 saturated carbocycles. The van der Waals surface area contributed by atoms with Crippen molar-refractivity contribution in [3.05, 3.63) is 89.4 Å². The number of nitrogens with one attached hydrogen (secondary N) is 1. The molecule has 218 valence electrons. The van der Waals surface area contributed by atoms with Crippen molar-refractivity contribution in [3.63, 3.8) is 0 Å². The van der Waals surface area contributed by atoms with Gasteiger partial charge in [0.05, 0.1) is 34.0 Å². The lowest BCUT2D eigenvalue weighted by Crippen LogP contribution is -2.52. The third-order valence-corrected chi connectivity index (χ3v) is 9.49. The van der Waals surface area contributed by atoms with Crippen molar-refractivity contribution in [2.24, 2.45) is 14.1 Å². The van der Waals surface area contributed by atoms with Crippen molar-refractivity contribution in [1.29, 1.82) is 0 Å². The Labute approximate surface area is 250 Å². The predicted octanol–water partition coefficient (Wildman–Crippen LogP) is 5.86. The normalized spacial score (nSPS) is 16.7. The molecule has 43 heavy (non-hydrogen) atoms. The van der Waals surface area contributed by atoms with E-state index in [1.807, 2.05) is 55.7 Å². The van der Waals surface area contributed by atoms with Gasteiger partial charge in [-0.1, -0.05) is 31.0 Å². The maximum Gasteiger partial charge on any atom is 0.541 e. The van der Waals surface area contributed by atoms with Crippen LogP contribution in [0.5, 0.6) is 0 Å². The van der Waals surface area contributed by atoms with E-state index in [4.69, 9.17) is 15.1 Å². The van der Waals surface area contributed by atoms with E-state index in [1.165, 1.54) is 42.7 Å². The lowest BCUT2D eigenvalue weighted by atomic mass is 9.75. The molecule has 0 aliphatic heterocycles. The van der Waals surface area contributed by atoms with Gasteiger partial charge in [0, 0.05) is 41.6 Å². The van der Waals surface area contributed by atoms with Crippen molar-refractivity contribution >= 4 is 39.9 Å². The Bertz CT molecular complexity index is 1910. The van der Waals surface area contributed by atoms with Crippen LogP contribution < -0.4 is 5.32 Å². The van der Waals surface area contributed by atoms with Gasteiger partial charge in [-0.15, -0.1) is 0 Å². The van der Waals surface area contributed by atoms with Crippen molar-refractivity contribution < 1.29 is 14.7 Å². The number of pyridine rings is 1. The summed E-state index contributed by atoms with van der Waals surface area (Å²) in [5.74, 6) is 0.490. The molecular weight excluding hydrogens is 538 g/mol. The minimum absolute atomic E-state index is 0.103. The Kier molecular flexibility index (Phi) is 6.64. The molecule has 1 amide bonds. The van der Waals surface area contributed by atoms with E-state index in [1.54, 1.807) is 6.08 Å². The van der Waals surface area contributed by atoms with Crippen molar-refractivity contribution in [2.45, 2.75) is 56.4 Å². The van der Waals surface area contributed by atoms with Crippen LogP contribution in [0.15, 0.2) is 66.9 Å².